The number of carbonyl (C=O) groups excluding carboxylic acids is 2. The fraction of sp³-hybridized carbons (Fsp3) is 0.321. The molecule has 2 aromatic carbocycles. The van der Waals surface area contributed by atoms with Crippen molar-refractivity contribution in [1.82, 2.24) is 4.57 Å². The van der Waals surface area contributed by atoms with Crippen LogP contribution in [-0.4, -0.2) is 29.3 Å². The fourth-order valence-electron chi connectivity index (χ4n) is 4.79. The van der Waals surface area contributed by atoms with Gasteiger partial charge >= 0.3 is 11.9 Å². The summed E-state index contributed by atoms with van der Waals surface area (Å²) in [4.78, 5) is 30.3. The Morgan fingerprint density at radius 1 is 0.912 bits per heavy atom. The second-order valence-corrected chi connectivity index (χ2v) is 9.80. The Balaban J connectivity index is 1.73. The first-order valence-electron chi connectivity index (χ1n) is 11.4. The highest BCUT2D eigenvalue weighted by Gasteiger charge is 2.34. The molecule has 0 bridgehead atoms. The summed E-state index contributed by atoms with van der Waals surface area (Å²) < 4.78 is 7.06. The molecular formula is C28H30N2O4. The molecule has 0 N–H and O–H groups in total. The summed E-state index contributed by atoms with van der Waals surface area (Å²) in [7, 11) is 1.28. The molecule has 0 spiro atoms. The molecule has 1 aliphatic carbocycles. The summed E-state index contributed by atoms with van der Waals surface area (Å²) >= 11 is 0. The van der Waals surface area contributed by atoms with Crippen molar-refractivity contribution in [3.05, 3.63) is 87.7 Å². The van der Waals surface area contributed by atoms with E-state index >= 15 is 0 Å². The largest absolute Gasteiger partial charge is 0.465 e. The van der Waals surface area contributed by atoms with E-state index in [0.29, 0.717) is 6.42 Å². The van der Waals surface area contributed by atoms with Crippen LogP contribution in [0.5, 0.6) is 0 Å². The number of oxime groups is 1. The Morgan fingerprint density at radius 2 is 1.53 bits per heavy atom. The summed E-state index contributed by atoms with van der Waals surface area (Å²) in [5, 5.41) is 4.31. The molecule has 1 aliphatic rings. The number of aryl methyl sites for hydroxylation is 3. The summed E-state index contributed by atoms with van der Waals surface area (Å²) in [5.74, 6) is -1.29. The van der Waals surface area contributed by atoms with Crippen LogP contribution >= 0.6 is 0 Å². The van der Waals surface area contributed by atoms with Gasteiger partial charge in [-0.05, 0) is 80.5 Å². The molecular weight excluding hydrogens is 428 g/mol. The standard InChI is InChI=1S/C28H30N2O4/c1-17-11-18(2)13-20(12-17)30-19(3)14-23-24(15-28(4,5)16-25(23)30)29-34-27(32)22-10-8-7-9-21(22)26(31)33-6/h7-14H,15-16H2,1-6H3/b29-24+. The Hall–Kier alpha value is -3.67. The van der Waals surface area contributed by atoms with Crippen LogP contribution in [0.1, 0.15) is 69.1 Å². The molecule has 1 heterocycles. The topological polar surface area (TPSA) is 69.9 Å². The maximum atomic E-state index is 12.8. The maximum Gasteiger partial charge on any atom is 0.366 e. The SMILES string of the molecule is COC(=O)c1ccccc1C(=O)O/N=C1\CC(C)(C)Cc2c1cc(C)n2-c1cc(C)cc(C)c1. The normalized spacial score (nSPS) is 15.6. The summed E-state index contributed by atoms with van der Waals surface area (Å²) in [6.07, 6.45) is 1.55. The highest BCUT2D eigenvalue weighted by Crippen LogP contribution is 2.38. The van der Waals surface area contributed by atoms with E-state index in [9.17, 15) is 9.59 Å². The number of carbonyl (C=O) groups is 2. The lowest BCUT2D eigenvalue weighted by Gasteiger charge is -2.31. The third-order valence-electron chi connectivity index (χ3n) is 6.15. The first kappa shape index (κ1) is 23.5. The zero-order valence-corrected chi connectivity index (χ0v) is 20.6. The molecule has 0 saturated carbocycles. The third-order valence-corrected chi connectivity index (χ3v) is 6.15. The summed E-state index contributed by atoms with van der Waals surface area (Å²) in [5.41, 5.74) is 7.71. The number of esters is 1. The molecule has 0 fully saturated rings. The number of hydrogen-bond donors (Lipinski definition) is 0. The van der Waals surface area contributed by atoms with Crippen molar-refractivity contribution < 1.29 is 19.2 Å². The van der Waals surface area contributed by atoms with Gasteiger partial charge in [-0.25, -0.2) is 9.59 Å². The number of ether oxygens (including phenoxy) is 1. The van der Waals surface area contributed by atoms with Gasteiger partial charge in [0.1, 0.15) is 0 Å². The van der Waals surface area contributed by atoms with Gasteiger partial charge in [0.2, 0.25) is 0 Å². The molecule has 0 atom stereocenters. The van der Waals surface area contributed by atoms with Gasteiger partial charge in [-0.15, -0.1) is 0 Å². The number of benzene rings is 2. The zero-order valence-electron chi connectivity index (χ0n) is 20.6. The van der Waals surface area contributed by atoms with Gasteiger partial charge in [-0.3, -0.25) is 0 Å². The monoisotopic (exact) mass is 458 g/mol. The lowest BCUT2D eigenvalue weighted by molar-refractivity contribution is 0.0494. The molecule has 1 aromatic heterocycles. The van der Waals surface area contributed by atoms with Crippen molar-refractivity contribution in [3.63, 3.8) is 0 Å². The quantitative estimate of drug-likeness (QED) is 0.285. The van der Waals surface area contributed by atoms with E-state index in [-0.39, 0.29) is 16.5 Å². The van der Waals surface area contributed by atoms with Gasteiger partial charge in [0.25, 0.3) is 0 Å². The summed E-state index contributed by atoms with van der Waals surface area (Å²) in [6, 6.07) is 15.0. The molecule has 0 saturated heterocycles. The number of nitrogens with zero attached hydrogens (tertiary/aromatic N) is 2. The van der Waals surface area contributed by atoms with Crippen LogP contribution in [-0.2, 0) is 16.0 Å². The van der Waals surface area contributed by atoms with Crippen LogP contribution in [0.4, 0.5) is 0 Å². The Labute approximate surface area is 200 Å². The van der Waals surface area contributed by atoms with Crippen LogP contribution in [0.2, 0.25) is 0 Å². The number of methoxy groups -OCH3 is 1. The van der Waals surface area contributed by atoms with E-state index in [1.54, 1.807) is 12.1 Å². The first-order chi connectivity index (χ1) is 16.1. The van der Waals surface area contributed by atoms with Crippen LogP contribution in [0.3, 0.4) is 0 Å². The average molecular weight is 459 g/mol. The highest BCUT2D eigenvalue weighted by molar-refractivity contribution is 6.05. The van der Waals surface area contributed by atoms with Crippen LogP contribution in [0.25, 0.3) is 5.69 Å². The lowest BCUT2D eigenvalue weighted by Crippen LogP contribution is -2.28. The zero-order chi connectivity index (χ0) is 24.6. The molecule has 3 aromatic rings. The minimum absolute atomic E-state index is 0.0659. The Bertz CT molecular complexity index is 1290. The third kappa shape index (κ3) is 4.53. The van der Waals surface area contributed by atoms with Crippen molar-refractivity contribution in [2.45, 2.75) is 47.5 Å². The molecule has 34 heavy (non-hydrogen) atoms. The smallest absolute Gasteiger partial charge is 0.366 e. The number of hydrogen-bond acceptors (Lipinski definition) is 5. The molecule has 0 unspecified atom stereocenters. The van der Waals surface area contributed by atoms with Crippen molar-refractivity contribution in [1.29, 1.82) is 0 Å². The van der Waals surface area contributed by atoms with Crippen molar-refractivity contribution >= 4 is 17.7 Å². The molecule has 0 aliphatic heterocycles. The van der Waals surface area contributed by atoms with Gasteiger partial charge < -0.3 is 14.1 Å². The molecule has 4 rings (SSSR count). The fourth-order valence-corrected chi connectivity index (χ4v) is 4.79. The van der Waals surface area contributed by atoms with Crippen LogP contribution in [0, 0.1) is 26.2 Å². The molecule has 176 valence electrons. The molecule has 0 radical (unpaired) electrons. The minimum atomic E-state index is -0.691. The van der Waals surface area contributed by atoms with E-state index in [4.69, 9.17) is 9.57 Å². The average Bonchev–Trinajstić information content (AvgIpc) is 3.10. The second-order valence-electron chi connectivity index (χ2n) is 9.80. The van der Waals surface area contributed by atoms with Crippen LogP contribution in [0.15, 0.2) is 53.7 Å². The molecule has 0 amide bonds. The molecule has 6 nitrogen and oxygen atoms in total. The number of aromatic nitrogens is 1. The van der Waals surface area contributed by atoms with E-state index in [2.05, 4.69) is 68.6 Å². The lowest BCUT2D eigenvalue weighted by atomic mass is 9.76. The maximum absolute atomic E-state index is 12.8. The van der Waals surface area contributed by atoms with E-state index in [0.717, 1.165) is 34.8 Å². The first-order valence-corrected chi connectivity index (χ1v) is 11.4. The predicted octanol–water partition coefficient (Wildman–Crippen LogP) is 5.72. The van der Waals surface area contributed by atoms with E-state index in [1.165, 1.54) is 30.4 Å². The van der Waals surface area contributed by atoms with Gasteiger partial charge in [0.05, 0.1) is 23.9 Å². The predicted molar refractivity (Wildman–Crippen MR) is 132 cm³/mol. The second kappa shape index (κ2) is 8.93. The van der Waals surface area contributed by atoms with Gasteiger partial charge in [-0.1, -0.05) is 37.2 Å². The number of fused-ring (bicyclic) bond motifs is 1. The Kier molecular flexibility index (Phi) is 6.17. The minimum Gasteiger partial charge on any atom is -0.465 e. The number of rotatable bonds is 4. The van der Waals surface area contributed by atoms with Crippen molar-refractivity contribution in [3.8, 4) is 5.69 Å². The van der Waals surface area contributed by atoms with Gasteiger partial charge in [0, 0.05) is 22.6 Å². The van der Waals surface area contributed by atoms with Gasteiger partial charge in [0.15, 0.2) is 0 Å². The Morgan fingerprint density at radius 3 is 2.15 bits per heavy atom. The van der Waals surface area contributed by atoms with Crippen molar-refractivity contribution in [2.24, 2.45) is 10.6 Å². The highest BCUT2D eigenvalue weighted by atomic mass is 16.7. The molecule has 6 heteroatoms. The van der Waals surface area contributed by atoms with Crippen molar-refractivity contribution in [2.75, 3.05) is 7.11 Å². The van der Waals surface area contributed by atoms with Gasteiger partial charge in [-0.2, -0.15) is 0 Å². The summed E-state index contributed by atoms with van der Waals surface area (Å²) in [6.45, 7) is 10.7. The van der Waals surface area contributed by atoms with E-state index in [1.807, 2.05) is 0 Å². The van der Waals surface area contributed by atoms with E-state index < -0.39 is 11.9 Å². The van der Waals surface area contributed by atoms with Crippen LogP contribution < -0.4 is 0 Å².